The molecule has 1 atom stereocenters. The molecular weight excluding hydrogens is 112 g/mol. The summed E-state index contributed by atoms with van der Waals surface area (Å²) in [5.41, 5.74) is 5.47. The van der Waals surface area contributed by atoms with E-state index in [2.05, 4.69) is 19.2 Å². The van der Waals surface area contributed by atoms with Gasteiger partial charge in [-0.2, -0.15) is 0 Å². The highest BCUT2D eigenvalue weighted by atomic mass is 14.9. The average molecular weight is 130 g/mol. The number of nitrogens with two attached hydrogens (primary N) is 1. The predicted molar refractivity (Wildman–Crippen MR) is 41.4 cm³/mol. The van der Waals surface area contributed by atoms with Gasteiger partial charge in [-0.25, -0.2) is 0 Å². The van der Waals surface area contributed by atoms with E-state index in [-0.39, 0.29) is 0 Å². The molecule has 9 heavy (non-hydrogen) atoms. The van der Waals surface area contributed by atoms with E-state index in [4.69, 9.17) is 5.73 Å². The Morgan fingerprint density at radius 1 is 1.44 bits per heavy atom. The third kappa shape index (κ3) is 4.43. The molecule has 0 rings (SSSR count). The first-order valence-electron chi connectivity index (χ1n) is 3.58. The number of likely N-dealkylation sites (N-methyl/N-ethyl adjacent to an activating group) is 1. The lowest BCUT2D eigenvalue weighted by Crippen LogP contribution is -2.34. The quantitative estimate of drug-likeness (QED) is 0.584. The fraction of sp³-hybridized carbons (Fsp3) is 1.00. The van der Waals surface area contributed by atoms with Crippen LogP contribution in [-0.4, -0.2) is 19.6 Å². The Morgan fingerprint density at radius 3 is 2.11 bits per heavy atom. The van der Waals surface area contributed by atoms with Crippen molar-refractivity contribution in [2.24, 2.45) is 11.7 Å². The van der Waals surface area contributed by atoms with Gasteiger partial charge in [-0.05, 0) is 19.4 Å². The molecule has 0 radical (unpaired) electrons. The van der Waals surface area contributed by atoms with Gasteiger partial charge in [0.2, 0.25) is 0 Å². The molecular formula is C7H18N2. The molecule has 56 valence electrons. The van der Waals surface area contributed by atoms with Gasteiger partial charge in [-0.1, -0.05) is 13.8 Å². The Kier molecular flexibility index (Phi) is 4.72. The molecule has 0 amide bonds. The lowest BCUT2D eigenvalue weighted by molar-refractivity contribution is 0.449. The van der Waals surface area contributed by atoms with E-state index in [0.29, 0.717) is 6.04 Å². The topological polar surface area (TPSA) is 38.0 Å². The van der Waals surface area contributed by atoms with Crippen LogP contribution >= 0.6 is 0 Å². The van der Waals surface area contributed by atoms with Crippen LogP contribution in [0, 0.1) is 5.92 Å². The van der Waals surface area contributed by atoms with Crippen molar-refractivity contribution < 1.29 is 0 Å². The van der Waals surface area contributed by atoms with Crippen molar-refractivity contribution in [1.82, 2.24) is 5.32 Å². The van der Waals surface area contributed by atoms with E-state index >= 15 is 0 Å². The van der Waals surface area contributed by atoms with Gasteiger partial charge in [0, 0.05) is 12.6 Å². The van der Waals surface area contributed by atoms with Crippen LogP contribution in [0.2, 0.25) is 0 Å². The highest BCUT2D eigenvalue weighted by molar-refractivity contribution is 4.65. The second-order valence-corrected chi connectivity index (χ2v) is 2.85. The summed E-state index contributed by atoms with van der Waals surface area (Å²) in [4.78, 5) is 0. The maximum Gasteiger partial charge on any atom is 0.0189 e. The molecule has 0 aliphatic carbocycles. The summed E-state index contributed by atoms with van der Waals surface area (Å²) in [6.45, 7) is 5.16. The van der Waals surface area contributed by atoms with Gasteiger partial charge in [0.05, 0.1) is 0 Å². The molecule has 0 spiro atoms. The highest BCUT2D eigenvalue weighted by Crippen LogP contribution is 2.02. The SMILES string of the molecule is CNC(CN)CC(C)C. The molecule has 0 aromatic rings. The zero-order valence-corrected chi connectivity index (χ0v) is 6.65. The Balaban J connectivity index is 3.31. The van der Waals surface area contributed by atoms with Crippen LogP contribution < -0.4 is 11.1 Å². The summed E-state index contributed by atoms with van der Waals surface area (Å²) in [6, 6.07) is 0.505. The van der Waals surface area contributed by atoms with Crippen molar-refractivity contribution in [1.29, 1.82) is 0 Å². The summed E-state index contributed by atoms with van der Waals surface area (Å²) in [7, 11) is 1.96. The van der Waals surface area contributed by atoms with Crippen molar-refractivity contribution in [2.75, 3.05) is 13.6 Å². The number of hydrogen-bond acceptors (Lipinski definition) is 2. The molecule has 0 saturated heterocycles. The normalized spacial score (nSPS) is 14.3. The third-order valence-corrected chi connectivity index (χ3v) is 1.45. The molecule has 0 aliphatic rings. The van der Waals surface area contributed by atoms with Crippen molar-refractivity contribution in [3.05, 3.63) is 0 Å². The van der Waals surface area contributed by atoms with Crippen LogP contribution in [0.25, 0.3) is 0 Å². The van der Waals surface area contributed by atoms with E-state index in [0.717, 1.165) is 12.5 Å². The minimum atomic E-state index is 0.505. The molecule has 0 aromatic heterocycles. The predicted octanol–water partition coefficient (Wildman–Crippen LogP) is 0.579. The molecule has 0 aliphatic heterocycles. The van der Waals surface area contributed by atoms with E-state index in [1.165, 1.54) is 6.42 Å². The highest BCUT2D eigenvalue weighted by Gasteiger charge is 2.04. The fourth-order valence-electron chi connectivity index (χ4n) is 0.901. The molecule has 0 bridgehead atoms. The first-order chi connectivity index (χ1) is 4.20. The Hall–Kier alpha value is -0.0800. The first-order valence-corrected chi connectivity index (χ1v) is 3.58. The van der Waals surface area contributed by atoms with Crippen LogP contribution in [0.4, 0.5) is 0 Å². The summed E-state index contributed by atoms with van der Waals surface area (Å²) in [5.74, 6) is 0.742. The second-order valence-electron chi connectivity index (χ2n) is 2.85. The van der Waals surface area contributed by atoms with Crippen LogP contribution in [0.5, 0.6) is 0 Å². The zero-order chi connectivity index (χ0) is 7.28. The number of nitrogens with one attached hydrogen (secondary N) is 1. The Labute approximate surface area is 57.8 Å². The van der Waals surface area contributed by atoms with Gasteiger partial charge < -0.3 is 11.1 Å². The molecule has 0 fully saturated rings. The number of rotatable bonds is 4. The molecule has 1 unspecified atom stereocenters. The van der Waals surface area contributed by atoms with Gasteiger partial charge >= 0.3 is 0 Å². The van der Waals surface area contributed by atoms with Crippen molar-refractivity contribution in [3.63, 3.8) is 0 Å². The van der Waals surface area contributed by atoms with E-state index in [1.807, 2.05) is 7.05 Å². The summed E-state index contributed by atoms with van der Waals surface area (Å²) in [6.07, 6.45) is 1.17. The Bertz CT molecular complexity index is 57.9. The molecule has 2 heteroatoms. The minimum absolute atomic E-state index is 0.505. The van der Waals surface area contributed by atoms with Gasteiger partial charge in [0.1, 0.15) is 0 Å². The van der Waals surface area contributed by atoms with E-state index < -0.39 is 0 Å². The summed E-state index contributed by atoms with van der Waals surface area (Å²) < 4.78 is 0. The van der Waals surface area contributed by atoms with Crippen molar-refractivity contribution >= 4 is 0 Å². The van der Waals surface area contributed by atoms with Gasteiger partial charge in [-0.3, -0.25) is 0 Å². The van der Waals surface area contributed by atoms with E-state index in [1.54, 1.807) is 0 Å². The first kappa shape index (κ1) is 8.92. The molecule has 0 saturated carbocycles. The summed E-state index contributed by atoms with van der Waals surface area (Å²) >= 11 is 0. The maximum atomic E-state index is 5.47. The van der Waals surface area contributed by atoms with Crippen molar-refractivity contribution in [3.8, 4) is 0 Å². The van der Waals surface area contributed by atoms with Crippen molar-refractivity contribution in [2.45, 2.75) is 26.3 Å². The fourth-order valence-corrected chi connectivity index (χ4v) is 0.901. The molecule has 0 heterocycles. The Morgan fingerprint density at radius 2 is 2.00 bits per heavy atom. The van der Waals surface area contributed by atoms with Crippen LogP contribution in [0.1, 0.15) is 20.3 Å². The molecule has 2 nitrogen and oxygen atoms in total. The zero-order valence-electron chi connectivity index (χ0n) is 6.65. The monoisotopic (exact) mass is 130 g/mol. The van der Waals surface area contributed by atoms with Crippen LogP contribution in [-0.2, 0) is 0 Å². The maximum absolute atomic E-state index is 5.47. The van der Waals surface area contributed by atoms with Gasteiger partial charge in [0.25, 0.3) is 0 Å². The van der Waals surface area contributed by atoms with Crippen LogP contribution in [0.15, 0.2) is 0 Å². The van der Waals surface area contributed by atoms with E-state index in [9.17, 15) is 0 Å². The van der Waals surface area contributed by atoms with Crippen LogP contribution in [0.3, 0.4) is 0 Å². The second kappa shape index (κ2) is 4.77. The lowest BCUT2D eigenvalue weighted by Gasteiger charge is -2.15. The van der Waals surface area contributed by atoms with Gasteiger partial charge in [-0.15, -0.1) is 0 Å². The summed E-state index contributed by atoms with van der Waals surface area (Å²) in [5, 5.41) is 3.16. The molecule has 3 N–H and O–H groups in total. The lowest BCUT2D eigenvalue weighted by atomic mass is 10.0. The van der Waals surface area contributed by atoms with Gasteiger partial charge in [0.15, 0.2) is 0 Å². The molecule has 0 aromatic carbocycles. The average Bonchev–Trinajstić information content (AvgIpc) is 1.82. The number of hydrogen-bond donors (Lipinski definition) is 2. The third-order valence-electron chi connectivity index (χ3n) is 1.45. The largest absolute Gasteiger partial charge is 0.329 e. The smallest absolute Gasteiger partial charge is 0.0189 e. The minimum Gasteiger partial charge on any atom is -0.329 e. The standard InChI is InChI=1S/C7H18N2/c1-6(2)4-7(5-8)9-3/h6-7,9H,4-5,8H2,1-3H3.